The fourth-order valence-electron chi connectivity index (χ4n) is 4.46. The maximum Gasteiger partial charge on any atom is 0.258 e. The topological polar surface area (TPSA) is 129 Å². The van der Waals surface area contributed by atoms with Gasteiger partial charge in [-0.25, -0.2) is 18.9 Å². The van der Waals surface area contributed by atoms with Crippen LogP contribution in [0.25, 0.3) is 22.3 Å². The van der Waals surface area contributed by atoms with Gasteiger partial charge in [-0.3, -0.25) is 15.1 Å². The Bertz CT molecular complexity index is 1620. The Balaban J connectivity index is 1.62. The largest absolute Gasteiger partial charge is 0.477 e. The summed E-state index contributed by atoms with van der Waals surface area (Å²) in [6, 6.07) is 5.24. The Labute approximate surface area is 215 Å². The van der Waals surface area contributed by atoms with Gasteiger partial charge >= 0.3 is 0 Å². The monoisotopic (exact) mass is 522 g/mol. The highest BCUT2D eigenvalue weighted by molar-refractivity contribution is 7.92. The molecule has 37 heavy (non-hydrogen) atoms. The normalized spacial score (nSPS) is 16.7. The predicted octanol–water partition coefficient (Wildman–Crippen LogP) is 3.96. The van der Waals surface area contributed by atoms with E-state index in [0.717, 1.165) is 23.9 Å². The van der Waals surface area contributed by atoms with Crippen LogP contribution in [0.3, 0.4) is 0 Å². The lowest BCUT2D eigenvalue weighted by Gasteiger charge is -2.16. The van der Waals surface area contributed by atoms with Crippen LogP contribution in [0.4, 0.5) is 11.8 Å². The van der Waals surface area contributed by atoms with Crippen molar-refractivity contribution in [3.05, 3.63) is 41.9 Å². The van der Waals surface area contributed by atoms with E-state index in [9.17, 15) is 9.00 Å². The molecule has 0 fully saturated rings. The average Bonchev–Trinajstić information content (AvgIpc) is 3.34. The SMILES string of the molecule is Cc1cc2cc(n1)-c1cnn(C)c1OCCC[C@@H](C)Cn1c(nc3cnc(N=S(C)(C)=O)cc31)NC2=O. The number of carbonyl (C=O) groups is 1. The van der Waals surface area contributed by atoms with E-state index in [2.05, 4.69) is 36.7 Å². The van der Waals surface area contributed by atoms with Crippen molar-refractivity contribution in [1.29, 1.82) is 0 Å². The minimum Gasteiger partial charge on any atom is -0.477 e. The molecule has 194 valence electrons. The van der Waals surface area contributed by atoms with Crippen LogP contribution in [0.2, 0.25) is 0 Å². The van der Waals surface area contributed by atoms with Crippen molar-refractivity contribution in [3.63, 3.8) is 0 Å². The van der Waals surface area contributed by atoms with Crippen molar-refractivity contribution < 1.29 is 13.7 Å². The average molecular weight is 523 g/mol. The fraction of sp³-hybridized carbons (Fsp3) is 0.400. The van der Waals surface area contributed by atoms with Crippen LogP contribution >= 0.6 is 0 Å². The molecule has 0 unspecified atom stereocenters. The first-order valence-corrected chi connectivity index (χ1v) is 14.4. The van der Waals surface area contributed by atoms with Gasteiger partial charge in [-0.15, -0.1) is 0 Å². The highest BCUT2D eigenvalue weighted by Gasteiger charge is 2.21. The number of anilines is 1. The summed E-state index contributed by atoms with van der Waals surface area (Å²) in [5.74, 6) is 1.36. The molecule has 0 spiro atoms. The summed E-state index contributed by atoms with van der Waals surface area (Å²) >= 11 is 0. The third-order valence-electron chi connectivity index (χ3n) is 6.11. The Kier molecular flexibility index (Phi) is 6.44. The van der Waals surface area contributed by atoms with Crippen molar-refractivity contribution >= 4 is 38.4 Å². The lowest BCUT2D eigenvalue weighted by atomic mass is 10.1. The molecule has 1 N–H and O–H groups in total. The molecule has 0 aromatic carbocycles. The van der Waals surface area contributed by atoms with E-state index in [1.54, 1.807) is 47.8 Å². The third-order valence-corrected chi connectivity index (χ3v) is 6.74. The molecule has 0 aliphatic carbocycles. The molecule has 11 nitrogen and oxygen atoms in total. The van der Waals surface area contributed by atoms with Crippen molar-refractivity contribution in [1.82, 2.24) is 29.3 Å². The summed E-state index contributed by atoms with van der Waals surface area (Å²) in [6.45, 7) is 5.14. The van der Waals surface area contributed by atoms with Gasteiger partial charge in [0.15, 0.2) is 5.82 Å². The summed E-state index contributed by atoms with van der Waals surface area (Å²) in [4.78, 5) is 27.1. The third kappa shape index (κ3) is 5.33. The zero-order valence-corrected chi connectivity index (χ0v) is 22.4. The summed E-state index contributed by atoms with van der Waals surface area (Å²) in [6.07, 6.45) is 8.17. The molecular formula is C25H30N8O3S. The van der Waals surface area contributed by atoms with Gasteiger partial charge in [0.25, 0.3) is 5.91 Å². The second-order valence-corrected chi connectivity index (χ2v) is 12.3. The lowest BCUT2D eigenvalue weighted by Crippen LogP contribution is -2.18. The Morgan fingerprint density at radius 2 is 2.00 bits per heavy atom. The molecule has 2 bridgehead atoms. The zero-order chi connectivity index (χ0) is 26.3. The number of imidazole rings is 1. The zero-order valence-electron chi connectivity index (χ0n) is 21.6. The van der Waals surface area contributed by atoms with Crippen molar-refractivity contribution in [2.24, 2.45) is 17.3 Å². The van der Waals surface area contributed by atoms with Gasteiger partial charge in [-0.1, -0.05) is 6.92 Å². The van der Waals surface area contributed by atoms with E-state index >= 15 is 0 Å². The number of hydrogen-bond acceptors (Lipinski definition) is 8. The van der Waals surface area contributed by atoms with Crippen LogP contribution in [-0.2, 0) is 23.3 Å². The highest BCUT2D eigenvalue weighted by atomic mass is 32.2. The molecule has 5 rings (SSSR count). The second kappa shape index (κ2) is 9.58. The maximum atomic E-state index is 13.4. The molecular weight excluding hydrogens is 492 g/mol. The molecule has 1 amide bonds. The van der Waals surface area contributed by atoms with E-state index in [4.69, 9.17) is 4.74 Å². The van der Waals surface area contributed by atoms with Gasteiger partial charge in [0.1, 0.15) is 5.52 Å². The number of fused-ring (bicyclic) bond motifs is 7. The molecule has 1 aliphatic heterocycles. The second-order valence-electron chi connectivity index (χ2n) is 9.77. The Hall–Kier alpha value is -3.80. The van der Waals surface area contributed by atoms with Gasteiger partial charge in [0, 0.05) is 53.2 Å². The summed E-state index contributed by atoms with van der Waals surface area (Å²) in [5.41, 5.74) is 3.89. The summed E-state index contributed by atoms with van der Waals surface area (Å²) < 4.78 is 26.3. The molecule has 1 atom stereocenters. The molecule has 1 aliphatic rings. The Morgan fingerprint density at radius 3 is 2.78 bits per heavy atom. The number of hydrogen-bond donors (Lipinski definition) is 1. The van der Waals surface area contributed by atoms with Crippen molar-refractivity contribution in [2.45, 2.75) is 33.2 Å². The number of rotatable bonds is 1. The first kappa shape index (κ1) is 24.9. The first-order valence-electron chi connectivity index (χ1n) is 12.1. The number of nitrogens with zero attached hydrogens (tertiary/aromatic N) is 7. The number of aryl methyl sites for hydroxylation is 2. The van der Waals surface area contributed by atoms with Crippen LogP contribution in [0, 0.1) is 12.8 Å². The first-order chi connectivity index (χ1) is 17.6. The number of aromatic nitrogens is 6. The molecule has 0 saturated carbocycles. The van der Waals surface area contributed by atoms with Gasteiger partial charge in [-0.2, -0.15) is 9.46 Å². The van der Waals surface area contributed by atoms with Crippen molar-refractivity contribution in [2.75, 3.05) is 24.4 Å². The quantitative estimate of drug-likeness (QED) is 0.401. The fourth-order valence-corrected chi connectivity index (χ4v) is 5.01. The Morgan fingerprint density at radius 1 is 1.19 bits per heavy atom. The lowest BCUT2D eigenvalue weighted by molar-refractivity contribution is 0.102. The number of carbonyl (C=O) groups excluding carboxylic acids is 1. The molecule has 12 heteroatoms. The number of ether oxygens (including phenoxy) is 1. The van der Waals surface area contributed by atoms with Crippen LogP contribution < -0.4 is 10.1 Å². The van der Waals surface area contributed by atoms with Crippen molar-refractivity contribution in [3.8, 4) is 17.1 Å². The molecule has 4 aromatic heterocycles. The number of pyridine rings is 2. The molecule has 4 aromatic rings. The van der Waals surface area contributed by atoms with E-state index in [1.165, 1.54) is 0 Å². The van der Waals surface area contributed by atoms with E-state index in [1.807, 2.05) is 18.5 Å². The van der Waals surface area contributed by atoms with E-state index < -0.39 is 9.73 Å². The smallest absolute Gasteiger partial charge is 0.258 e. The summed E-state index contributed by atoms with van der Waals surface area (Å²) in [5, 5.41) is 7.34. The number of amides is 1. The molecule has 0 saturated heterocycles. The van der Waals surface area contributed by atoms with E-state index in [0.29, 0.717) is 53.3 Å². The van der Waals surface area contributed by atoms with Crippen LogP contribution in [0.15, 0.2) is 35.0 Å². The molecule has 0 radical (unpaired) electrons. The maximum absolute atomic E-state index is 13.4. The van der Waals surface area contributed by atoms with Crippen LogP contribution in [-0.4, -0.2) is 58.5 Å². The van der Waals surface area contributed by atoms with Gasteiger partial charge in [0.2, 0.25) is 11.8 Å². The van der Waals surface area contributed by atoms with Crippen LogP contribution in [0.5, 0.6) is 5.88 Å². The standard InChI is InChI=1S/C25H30N8O3S/c1-15-7-6-8-36-24-18(12-27-32(24)3)19-10-17(9-16(2)28-19)23(34)30-25-29-20-13-26-22(31-37(4,5)35)11-21(20)33(25)14-15/h9-13,15H,6-8,14H2,1-5H3,(H,29,30,34)/t15-/m1/s1. The predicted molar refractivity (Wildman–Crippen MR) is 143 cm³/mol. The summed E-state index contributed by atoms with van der Waals surface area (Å²) in [7, 11) is -0.554. The minimum atomic E-state index is -2.38. The van der Waals surface area contributed by atoms with Gasteiger partial charge in [0.05, 0.1) is 35.8 Å². The highest BCUT2D eigenvalue weighted by Crippen LogP contribution is 2.31. The minimum absolute atomic E-state index is 0.257. The van der Waals surface area contributed by atoms with Gasteiger partial charge in [-0.05, 0) is 37.8 Å². The number of nitrogens with one attached hydrogen (secondary N) is 1. The van der Waals surface area contributed by atoms with Gasteiger partial charge < -0.3 is 9.30 Å². The van der Waals surface area contributed by atoms with Crippen LogP contribution in [0.1, 0.15) is 35.8 Å². The molecule has 5 heterocycles. The van der Waals surface area contributed by atoms with E-state index in [-0.39, 0.29) is 11.8 Å².